The van der Waals surface area contributed by atoms with Crippen molar-refractivity contribution < 1.29 is 15.3 Å². The predicted octanol–water partition coefficient (Wildman–Crippen LogP) is 1.03. The van der Waals surface area contributed by atoms with E-state index in [1.54, 1.807) is 0 Å². The third-order valence-corrected chi connectivity index (χ3v) is 3.57. The van der Waals surface area contributed by atoms with E-state index in [4.69, 9.17) is 10.8 Å². The number of hydrogen-bond donors (Lipinski definition) is 4. The SMILES string of the molecule is CCCCCCC(O)(CN)C(O)C(CC)CO. The largest absolute Gasteiger partial charge is 0.396 e. The molecule has 0 heterocycles. The molecule has 4 heteroatoms. The molecular weight excluding hydrogens is 218 g/mol. The van der Waals surface area contributed by atoms with E-state index in [2.05, 4.69) is 6.92 Å². The maximum Gasteiger partial charge on any atom is 0.103 e. The average Bonchev–Trinajstić information content (AvgIpc) is 2.35. The van der Waals surface area contributed by atoms with Crippen molar-refractivity contribution in [3.8, 4) is 0 Å². The molecule has 0 aromatic heterocycles. The van der Waals surface area contributed by atoms with E-state index in [-0.39, 0.29) is 19.1 Å². The molecule has 0 fully saturated rings. The van der Waals surface area contributed by atoms with Gasteiger partial charge in [-0.2, -0.15) is 0 Å². The fourth-order valence-corrected chi connectivity index (χ4v) is 2.12. The quantitative estimate of drug-likeness (QED) is 0.434. The zero-order chi connectivity index (χ0) is 13.3. The summed E-state index contributed by atoms with van der Waals surface area (Å²) in [6, 6.07) is 0. The fourth-order valence-electron chi connectivity index (χ4n) is 2.12. The smallest absolute Gasteiger partial charge is 0.103 e. The Morgan fingerprint density at radius 3 is 2.24 bits per heavy atom. The lowest BCUT2D eigenvalue weighted by atomic mass is 9.82. The van der Waals surface area contributed by atoms with Crippen LogP contribution in [0.5, 0.6) is 0 Å². The summed E-state index contributed by atoms with van der Waals surface area (Å²) in [5.74, 6) is -0.297. The van der Waals surface area contributed by atoms with Crippen LogP contribution >= 0.6 is 0 Å². The minimum atomic E-state index is -1.25. The summed E-state index contributed by atoms with van der Waals surface area (Å²) in [6.45, 7) is 3.94. The molecule has 0 aromatic rings. The van der Waals surface area contributed by atoms with Crippen molar-refractivity contribution in [2.45, 2.75) is 64.1 Å². The second kappa shape index (κ2) is 8.86. The zero-order valence-corrected chi connectivity index (χ0v) is 11.2. The molecule has 0 amide bonds. The maximum atomic E-state index is 10.3. The second-order valence-electron chi connectivity index (χ2n) is 4.91. The van der Waals surface area contributed by atoms with Gasteiger partial charge < -0.3 is 21.1 Å². The number of nitrogens with two attached hydrogens (primary N) is 1. The molecule has 3 atom stereocenters. The Morgan fingerprint density at radius 2 is 1.82 bits per heavy atom. The molecule has 0 radical (unpaired) electrons. The van der Waals surface area contributed by atoms with Gasteiger partial charge in [0, 0.05) is 19.1 Å². The Labute approximate surface area is 105 Å². The van der Waals surface area contributed by atoms with Gasteiger partial charge in [0.15, 0.2) is 0 Å². The topological polar surface area (TPSA) is 86.7 Å². The minimum Gasteiger partial charge on any atom is -0.396 e. The number of aliphatic hydroxyl groups is 3. The fraction of sp³-hybridized carbons (Fsp3) is 1.00. The molecule has 17 heavy (non-hydrogen) atoms. The number of unbranched alkanes of at least 4 members (excludes halogenated alkanes) is 3. The molecule has 0 spiro atoms. The molecule has 0 aliphatic carbocycles. The van der Waals surface area contributed by atoms with Crippen LogP contribution in [-0.4, -0.2) is 40.2 Å². The standard InChI is InChI=1S/C13H29NO3/c1-3-5-6-7-8-13(17,10-14)12(16)11(4-2)9-15/h11-12,15-17H,3-10,14H2,1-2H3. The van der Waals surface area contributed by atoms with Crippen LogP contribution in [0.3, 0.4) is 0 Å². The Bertz CT molecular complexity index is 186. The lowest BCUT2D eigenvalue weighted by Gasteiger charge is -2.36. The van der Waals surface area contributed by atoms with Crippen LogP contribution in [0.1, 0.15) is 52.4 Å². The second-order valence-corrected chi connectivity index (χ2v) is 4.91. The van der Waals surface area contributed by atoms with Crippen molar-refractivity contribution in [1.29, 1.82) is 0 Å². The zero-order valence-electron chi connectivity index (χ0n) is 11.2. The first-order valence-electron chi connectivity index (χ1n) is 6.77. The monoisotopic (exact) mass is 247 g/mol. The first-order valence-corrected chi connectivity index (χ1v) is 6.77. The summed E-state index contributed by atoms with van der Waals surface area (Å²) in [7, 11) is 0. The lowest BCUT2D eigenvalue weighted by Crippen LogP contribution is -2.52. The summed E-state index contributed by atoms with van der Waals surface area (Å²) in [6.07, 6.45) is 4.37. The number of hydrogen-bond acceptors (Lipinski definition) is 4. The van der Waals surface area contributed by atoms with Crippen LogP contribution in [0, 0.1) is 5.92 Å². The van der Waals surface area contributed by atoms with Crippen molar-refractivity contribution >= 4 is 0 Å². The van der Waals surface area contributed by atoms with Gasteiger partial charge in [0.2, 0.25) is 0 Å². The van der Waals surface area contributed by atoms with Crippen LogP contribution in [-0.2, 0) is 0 Å². The molecule has 104 valence electrons. The van der Waals surface area contributed by atoms with Gasteiger partial charge in [-0.15, -0.1) is 0 Å². The van der Waals surface area contributed by atoms with Gasteiger partial charge in [-0.05, 0) is 12.8 Å². The van der Waals surface area contributed by atoms with Crippen LogP contribution < -0.4 is 5.73 Å². The normalized spacial score (nSPS) is 18.7. The van der Waals surface area contributed by atoms with Gasteiger partial charge >= 0.3 is 0 Å². The van der Waals surface area contributed by atoms with Gasteiger partial charge in [0.05, 0.1) is 6.10 Å². The van der Waals surface area contributed by atoms with Gasteiger partial charge in [-0.25, -0.2) is 0 Å². The Morgan fingerprint density at radius 1 is 1.18 bits per heavy atom. The highest BCUT2D eigenvalue weighted by Gasteiger charge is 2.37. The highest BCUT2D eigenvalue weighted by atomic mass is 16.3. The van der Waals surface area contributed by atoms with Crippen LogP contribution in [0.15, 0.2) is 0 Å². The molecule has 4 nitrogen and oxygen atoms in total. The van der Waals surface area contributed by atoms with E-state index in [0.29, 0.717) is 12.8 Å². The first-order chi connectivity index (χ1) is 8.05. The molecule has 0 aliphatic heterocycles. The molecule has 3 unspecified atom stereocenters. The van der Waals surface area contributed by atoms with E-state index >= 15 is 0 Å². The van der Waals surface area contributed by atoms with Crippen molar-refractivity contribution in [2.24, 2.45) is 11.7 Å². The first kappa shape index (κ1) is 16.8. The highest BCUT2D eigenvalue weighted by Crippen LogP contribution is 2.25. The molecule has 0 rings (SSSR count). The third-order valence-electron chi connectivity index (χ3n) is 3.57. The van der Waals surface area contributed by atoms with E-state index < -0.39 is 11.7 Å². The third kappa shape index (κ3) is 5.34. The van der Waals surface area contributed by atoms with Gasteiger partial charge in [-0.3, -0.25) is 0 Å². The van der Waals surface area contributed by atoms with E-state index in [9.17, 15) is 10.2 Å². The van der Waals surface area contributed by atoms with Gasteiger partial charge in [0.1, 0.15) is 5.60 Å². The van der Waals surface area contributed by atoms with Gasteiger partial charge in [0.25, 0.3) is 0 Å². The van der Waals surface area contributed by atoms with Crippen molar-refractivity contribution in [1.82, 2.24) is 0 Å². The van der Waals surface area contributed by atoms with Crippen LogP contribution in [0.2, 0.25) is 0 Å². The number of aliphatic hydroxyl groups excluding tert-OH is 2. The average molecular weight is 247 g/mol. The summed E-state index contributed by atoms with van der Waals surface area (Å²) in [4.78, 5) is 0. The van der Waals surface area contributed by atoms with E-state index in [1.165, 1.54) is 0 Å². The Kier molecular flexibility index (Phi) is 8.78. The number of rotatable bonds is 10. The lowest BCUT2D eigenvalue weighted by molar-refractivity contribution is -0.109. The molecule has 0 aromatic carbocycles. The minimum absolute atomic E-state index is 0.0385. The van der Waals surface area contributed by atoms with Crippen molar-refractivity contribution in [3.05, 3.63) is 0 Å². The van der Waals surface area contributed by atoms with E-state index in [0.717, 1.165) is 25.7 Å². The Balaban J connectivity index is 4.32. The molecule has 0 bridgehead atoms. The summed E-state index contributed by atoms with van der Waals surface area (Å²) in [5.41, 5.74) is 4.33. The highest BCUT2D eigenvalue weighted by molar-refractivity contribution is 4.90. The van der Waals surface area contributed by atoms with Crippen molar-refractivity contribution in [3.63, 3.8) is 0 Å². The predicted molar refractivity (Wildman–Crippen MR) is 69.6 cm³/mol. The summed E-state index contributed by atoms with van der Waals surface area (Å²) >= 11 is 0. The van der Waals surface area contributed by atoms with Crippen LogP contribution in [0.4, 0.5) is 0 Å². The van der Waals surface area contributed by atoms with Crippen molar-refractivity contribution in [2.75, 3.05) is 13.2 Å². The maximum absolute atomic E-state index is 10.3. The molecule has 0 saturated carbocycles. The molecule has 0 saturated heterocycles. The van der Waals surface area contributed by atoms with Crippen LogP contribution in [0.25, 0.3) is 0 Å². The summed E-state index contributed by atoms with van der Waals surface area (Å²) < 4.78 is 0. The van der Waals surface area contributed by atoms with Gasteiger partial charge in [-0.1, -0.05) is 39.5 Å². The van der Waals surface area contributed by atoms with E-state index in [1.807, 2.05) is 6.92 Å². The molecule has 5 N–H and O–H groups in total. The molecule has 0 aliphatic rings. The summed E-state index contributed by atoms with van der Waals surface area (Å²) in [5, 5.41) is 29.6. The Hall–Kier alpha value is -0.160. The molecular formula is C13H29NO3.